The fourth-order valence-corrected chi connectivity index (χ4v) is 3.82. The molecule has 0 radical (unpaired) electrons. The van der Waals surface area contributed by atoms with Crippen LogP contribution in [0.2, 0.25) is 15.1 Å². The Morgan fingerprint density at radius 2 is 1.55 bits per heavy atom. The largest absolute Gasteiger partial charge is 0.232 e. The Kier molecular flexibility index (Phi) is 5.19. The van der Waals surface area contributed by atoms with Gasteiger partial charge in [-0.05, 0) is 52.9 Å². The van der Waals surface area contributed by atoms with E-state index in [-0.39, 0.29) is 0 Å². The number of para-hydroxylation sites is 1. The van der Waals surface area contributed by atoms with Crippen LogP contribution in [0.3, 0.4) is 0 Å². The number of benzene rings is 3. The average Bonchev–Trinajstić information content (AvgIpc) is 3.43. The van der Waals surface area contributed by atoms with E-state index in [0.29, 0.717) is 20.9 Å². The minimum Gasteiger partial charge on any atom is -0.232 e. The van der Waals surface area contributed by atoms with Crippen LogP contribution in [0.1, 0.15) is 0 Å². The third-order valence-electron chi connectivity index (χ3n) is 4.73. The van der Waals surface area contributed by atoms with Gasteiger partial charge in [-0.15, -0.1) is 5.10 Å². The molecule has 0 aliphatic heterocycles. The molecule has 31 heavy (non-hydrogen) atoms. The molecule has 0 unspecified atom stereocenters. The van der Waals surface area contributed by atoms with Gasteiger partial charge in [-0.3, -0.25) is 0 Å². The SMILES string of the molecule is Clc1cccc(-c2c(-c3nnnn3-c3ccccc3)cnn2-c2ccc(Cl)c(Cl)c2)c1. The van der Waals surface area contributed by atoms with Crippen molar-refractivity contribution in [1.29, 1.82) is 0 Å². The van der Waals surface area contributed by atoms with Gasteiger partial charge in [-0.2, -0.15) is 9.78 Å². The molecule has 152 valence electrons. The standard InChI is InChI=1S/C22H13Cl3N6/c23-15-6-4-5-14(11-15)21-18(13-26-30(21)17-9-10-19(24)20(25)12-17)22-27-28-29-31(22)16-7-2-1-3-8-16/h1-13H. The van der Waals surface area contributed by atoms with Gasteiger partial charge in [0.2, 0.25) is 0 Å². The summed E-state index contributed by atoms with van der Waals surface area (Å²) in [4.78, 5) is 0. The molecule has 0 bridgehead atoms. The Morgan fingerprint density at radius 3 is 2.32 bits per heavy atom. The highest BCUT2D eigenvalue weighted by Gasteiger charge is 2.22. The van der Waals surface area contributed by atoms with E-state index in [1.807, 2.05) is 60.7 Å². The Labute approximate surface area is 192 Å². The first kappa shape index (κ1) is 19.8. The molecule has 0 fully saturated rings. The molecule has 3 aromatic carbocycles. The Morgan fingerprint density at radius 1 is 0.710 bits per heavy atom. The predicted molar refractivity (Wildman–Crippen MR) is 122 cm³/mol. The maximum atomic E-state index is 6.30. The van der Waals surface area contributed by atoms with Gasteiger partial charge in [0, 0.05) is 10.6 Å². The number of hydrogen-bond donors (Lipinski definition) is 0. The second kappa shape index (κ2) is 8.15. The van der Waals surface area contributed by atoms with Gasteiger partial charge < -0.3 is 0 Å². The number of nitrogens with zero attached hydrogens (tertiary/aromatic N) is 6. The first-order valence-corrected chi connectivity index (χ1v) is 10.4. The predicted octanol–water partition coefficient (Wildman–Crippen LogP) is 6.14. The van der Waals surface area contributed by atoms with E-state index in [9.17, 15) is 0 Å². The van der Waals surface area contributed by atoms with E-state index in [4.69, 9.17) is 34.8 Å². The third-order valence-corrected chi connectivity index (χ3v) is 5.70. The van der Waals surface area contributed by atoms with Gasteiger partial charge in [-0.1, -0.05) is 65.1 Å². The van der Waals surface area contributed by atoms with Crippen LogP contribution in [0.5, 0.6) is 0 Å². The van der Waals surface area contributed by atoms with Gasteiger partial charge >= 0.3 is 0 Å². The minimum atomic E-state index is 0.433. The van der Waals surface area contributed by atoms with Crippen molar-refractivity contribution >= 4 is 34.8 Å². The van der Waals surface area contributed by atoms with Crippen molar-refractivity contribution in [1.82, 2.24) is 30.0 Å². The third kappa shape index (κ3) is 3.70. The first-order chi connectivity index (χ1) is 15.1. The van der Waals surface area contributed by atoms with E-state index in [1.54, 1.807) is 27.7 Å². The first-order valence-electron chi connectivity index (χ1n) is 9.25. The zero-order valence-electron chi connectivity index (χ0n) is 15.8. The van der Waals surface area contributed by atoms with Crippen molar-refractivity contribution in [3.8, 4) is 34.0 Å². The van der Waals surface area contributed by atoms with Crippen molar-refractivity contribution in [3.05, 3.63) is 94.1 Å². The molecule has 2 heterocycles. The molecule has 0 spiro atoms. The number of hydrogen-bond acceptors (Lipinski definition) is 4. The van der Waals surface area contributed by atoms with Crippen molar-refractivity contribution in [3.63, 3.8) is 0 Å². The van der Waals surface area contributed by atoms with Crippen molar-refractivity contribution < 1.29 is 0 Å². The molecular weight excluding hydrogens is 455 g/mol. The molecule has 6 nitrogen and oxygen atoms in total. The summed E-state index contributed by atoms with van der Waals surface area (Å²) in [6.07, 6.45) is 1.73. The van der Waals surface area contributed by atoms with Crippen LogP contribution in [0.15, 0.2) is 79.0 Å². The second-order valence-corrected chi connectivity index (χ2v) is 7.93. The van der Waals surface area contributed by atoms with E-state index >= 15 is 0 Å². The zero-order chi connectivity index (χ0) is 21.4. The van der Waals surface area contributed by atoms with Crippen LogP contribution < -0.4 is 0 Å². The van der Waals surface area contributed by atoms with Crippen molar-refractivity contribution in [2.45, 2.75) is 0 Å². The van der Waals surface area contributed by atoms with E-state index in [0.717, 1.165) is 28.2 Å². The van der Waals surface area contributed by atoms with Gasteiger partial charge in [0.25, 0.3) is 0 Å². The minimum absolute atomic E-state index is 0.433. The van der Waals surface area contributed by atoms with Crippen LogP contribution in [0, 0.1) is 0 Å². The van der Waals surface area contributed by atoms with Crippen LogP contribution in [-0.4, -0.2) is 30.0 Å². The fourth-order valence-electron chi connectivity index (χ4n) is 3.34. The van der Waals surface area contributed by atoms with Gasteiger partial charge in [-0.25, -0.2) is 4.68 Å². The summed E-state index contributed by atoms with van der Waals surface area (Å²) in [7, 11) is 0. The van der Waals surface area contributed by atoms with Gasteiger partial charge in [0.1, 0.15) is 0 Å². The van der Waals surface area contributed by atoms with Crippen molar-refractivity contribution in [2.24, 2.45) is 0 Å². The Hall–Kier alpha value is -3.19. The summed E-state index contributed by atoms with van der Waals surface area (Å²) in [5, 5.41) is 18.5. The van der Waals surface area contributed by atoms with Crippen LogP contribution in [0.4, 0.5) is 0 Å². The molecule has 0 aliphatic rings. The maximum Gasteiger partial charge on any atom is 0.190 e. The molecule has 2 aromatic heterocycles. The molecule has 0 aliphatic carbocycles. The van der Waals surface area contributed by atoms with Crippen LogP contribution >= 0.6 is 34.8 Å². The molecule has 0 atom stereocenters. The quantitative estimate of drug-likeness (QED) is 0.318. The topological polar surface area (TPSA) is 61.4 Å². The molecule has 0 saturated carbocycles. The highest BCUT2D eigenvalue weighted by atomic mass is 35.5. The lowest BCUT2D eigenvalue weighted by Crippen LogP contribution is -2.02. The zero-order valence-corrected chi connectivity index (χ0v) is 18.1. The van der Waals surface area contributed by atoms with E-state index in [1.165, 1.54) is 0 Å². The lowest BCUT2D eigenvalue weighted by molar-refractivity contribution is 0.791. The highest BCUT2D eigenvalue weighted by molar-refractivity contribution is 6.42. The molecule has 0 amide bonds. The molecule has 5 rings (SSSR count). The number of aromatic nitrogens is 6. The van der Waals surface area contributed by atoms with Crippen molar-refractivity contribution in [2.75, 3.05) is 0 Å². The molecule has 0 saturated heterocycles. The summed E-state index contributed by atoms with van der Waals surface area (Å²) < 4.78 is 3.44. The highest BCUT2D eigenvalue weighted by Crippen LogP contribution is 2.35. The number of rotatable bonds is 4. The van der Waals surface area contributed by atoms with E-state index in [2.05, 4.69) is 20.6 Å². The summed E-state index contributed by atoms with van der Waals surface area (Å²) in [6.45, 7) is 0. The summed E-state index contributed by atoms with van der Waals surface area (Å²) in [5.74, 6) is 0.549. The number of halogens is 3. The average molecular weight is 468 g/mol. The lowest BCUT2D eigenvalue weighted by atomic mass is 10.1. The van der Waals surface area contributed by atoms with Crippen LogP contribution in [-0.2, 0) is 0 Å². The molecule has 5 aromatic rings. The molecule has 9 heteroatoms. The number of tetrazole rings is 1. The molecular formula is C22H13Cl3N6. The second-order valence-electron chi connectivity index (χ2n) is 6.68. The summed E-state index contributed by atoms with van der Waals surface area (Å²) >= 11 is 18.7. The fraction of sp³-hybridized carbons (Fsp3) is 0. The Balaban J connectivity index is 1.76. The summed E-state index contributed by atoms with van der Waals surface area (Å²) in [6, 6.07) is 22.5. The Bertz CT molecular complexity index is 1380. The lowest BCUT2D eigenvalue weighted by Gasteiger charge is -2.11. The normalized spacial score (nSPS) is 11.1. The molecule has 0 N–H and O–H groups in total. The summed E-state index contributed by atoms with van der Waals surface area (Å²) in [5.41, 5.74) is 3.94. The van der Waals surface area contributed by atoms with Gasteiger partial charge in [0.05, 0.1) is 38.9 Å². The van der Waals surface area contributed by atoms with E-state index < -0.39 is 0 Å². The van der Waals surface area contributed by atoms with Crippen LogP contribution in [0.25, 0.3) is 34.0 Å². The van der Waals surface area contributed by atoms with Gasteiger partial charge in [0.15, 0.2) is 5.82 Å². The smallest absolute Gasteiger partial charge is 0.190 e. The monoisotopic (exact) mass is 466 g/mol. The maximum absolute atomic E-state index is 6.30.